The van der Waals surface area contributed by atoms with Crippen molar-refractivity contribution >= 4 is 27.5 Å². The van der Waals surface area contributed by atoms with Crippen molar-refractivity contribution in [2.75, 3.05) is 13.2 Å². The van der Waals surface area contributed by atoms with Crippen LogP contribution in [0.25, 0.3) is 27.5 Å². The minimum Gasteiger partial charge on any atom is -0.493 e. The zero-order valence-corrected chi connectivity index (χ0v) is 28.2. The maximum absolute atomic E-state index is 6.26. The number of fused-ring (bicyclic) bond motifs is 3. The van der Waals surface area contributed by atoms with Gasteiger partial charge < -0.3 is 18.6 Å². The largest absolute Gasteiger partial charge is 0.493 e. The summed E-state index contributed by atoms with van der Waals surface area (Å²) in [5.41, 5.74) is 7.25. The quantitative estimate of drug-likeness (QED) is 0.105. The molecular formula is C41H50O4. The highest BCUT2D eigenvalue weighted by Gasteiger charge is 2.15. The fourth-order valence-electron chi connectivity index (χ4n) is 4.98. The van der Waals surface area contributed by atoms with Crippen LogP contribution in [0.3, 0.4) is 0 Å². The molecule has 4 nitrogen and oxygen atoms in total. The lowest BCUT2D eigenvalue weighted by molar-refractivity contribution is 0.243. The molecule has 0 radical (unpaired) electrons. The molecule has 0 saturated heterocycles. The lowest BCUT2D eigenvalue weighted by Gasteiger charge is -2.18. The molecule has 5 aromatic rings. The zero-order valence-electron chi connectivity index (χ0n) is 28.2. The highest BCUT2D eigenvalue weighted by Crippen LogP contribution is 2.37. The second-order valence-corrected chi connectivity index (χ2v) is 9.78. The van der Waals surface area contributed by atoms with E-state index in [4.69, 9.17) is 18.6 Å². The van der Waals surface area contributed by atoms with Crippen molar-refractivity contribution in [3.8, 4) is 30.1 Å². The normalized spacial score (nSPS) is 9.98. The van der Waals surface area contributed by atoms with Crippen LogP contribution in [-0.4, -0.2) is 13.2 Å². The molecule has 0 amide bonds. The molecule has 4 aromatic carbocycles. The number of terminal acetylenes is 1. The molecule has 0 aliphatic heterocycles. The number of para-hydroxylation sites is 1. The lowest BCUT2D eigenvalue weighted by Crippen LogP contribution is -2.08. The van der Waals surface area contributed by atoms with Gasteiger partial charge in [0.1, 0.15) is 35.0 Å². The minimum atomic E-state index is 0.496. The van der Waals surface area contributed by atoms with Crippen molar-refractivity contribution in [1.29, 1.82) is 0 Å². The predicted octanol–water partition coefficient (Wildman–Crippen LogP) is 11.5. The summed E-state index contributed by atoms with van der Waals surface area (Å²) in [7, 11) is 0. The van der Waals surface area contributed by atoms with Crippen LogP contribution in [0.5, 0.6) is 17.2 Å². The average Bonchev–Trinajstić information content (AvgIpc) is 3.49. The number of benzene rings is 4. The van der Waals surface area contributed by atoms with Crippen LogP contribution in [0.1, 0.15) is 77.1 Å². The van der Waals surface area contributed by atoms with E-state index >= 15 is 0 Å². The van der Waals surface area contributed by atoms with Gasteiger partial charge in [-0.1, -0.05) is 96.7 Å². The monoisotopic (exact) mass is 606 g/mol. The van der Waals surface area contributed by atoms with Gasteiger partial charge in [0, 0.05) is 34.4 Å². The minimum absolute atomic E-state index is 0.496. The molecule has 0 atom stereocenters. The van der Waals surface area contributed by atoms with Crippen LogP contribution in [0.4, 0.5) is 0 Å². The maximum atomic E-state index is 6.26. The molecule has 5 rings (SSSR count). The smallest absolute Gasteiger partial charge is 0.135 e. The number of allylic oxidation sites excluding steroid dienone is 1. The van der Waals surface area contributed by atoms with Crippen molar-refractivity contribution in [3.05, 3.63) is 108 Å². The van der Waals surface area contributed by atoms with E-state index in [1.807, 2.05) is 89.2 Å². The molecule has 0 aliphatic carbocycles. The standard InChI is InChI=1S/C35H36O4.2C2H6.C2H2/c1-5-26-21-29(24(3)4)34(38-23-25-13-8-7-9-14-25)22-33(26)37-20-12-19-36-30-17-18-32-35(27(30)6-2)28-15-10-11-16-31(28)39-32;3*1-2/h7-11,13-18,21-22H,3,5-6,12,19-20,23H2,1-2,4H3;2*1-2H3;1-2H. The number of rotatable bonds is 12. The predicted molar refractivity (Wildman–Crippen MR) is 193 cm³/mol. The van der Waals surface area contributed by atoms with E-state index in [1.165, 1.54) is 5.56 Å². The Balaban J connectivity index is 0.00000111. The van der Waals surface area contributed by atoms with Gasteiger partial charge in [-0.25, -0.2) is 0 Å². The van der Waals surface area contributed by atoms with Crippen molar-refractivity contribution in [2.24, 2.45) is 0 Å². The van der Waals surface area contributed by atoms with Crippen LogP contribution in [0.15, 0.2) is 89.9 Å². The summed E-state index contributed by atoms with van der Waals surface area (Å²) in [6.45, 7) is 20.1. The Morgan fingerprint density at radius 1 is 0.711 bits per heavy atom. The van der Waals surface area contributed by atoms with Crippen molar-refractivity contribution < 1.29 is 18.6 Å². The molecule has 1 heterocycles. The molecule has 4 heteroatoms. The fourth-order valence-corrected chi connectivity index (χ4v) is 4.98. The third kappa shape index (κ3) is 9.43. The number of hydrogen-bond donors (Lipinski definition) is 0. The summed E-state index contributed by atoms with van der Waals surface area (Å²) in [6, 6.07) is 26.5. The number of hydrogen-bond acceptors (Lipinski definition) is 4. The van der Waals surface area contributed by atoms with Gasteiger partial charge in [0.05, 0.1) is 13.2 Å². The van der Waals surface area contributed by atoms with Gasteiger partial charge in [-0.2, -0.15) is 0 Å². The summed E-state index contributed by atoms with van der Waals surface area (Å²) in [6.07, 6.45) is 10.5. The van der Waals surface area contributed by atoms with E-state index in [0.29, 0.717) is 19.8 Å². The molecule has 238 valence electrons. The van der Waals surface area contributed by atoms with Gasteiger partial charge in [-0.3, -0.25) is 0 Å². The Morgan fingerprint density at radius 2 is 1.36 bits per heavy atom. The van der Waals surface area contributed by atoms with Gasteiger partial charge >= 0.3 is 0 Å². The summed E-state index contributed by atoms with van der Waals surface area (Å²) in [5.74, 6) is 2.56. The second kappa shape index (κ2) is 19.6. The average molecular weight is 607 g/mol. The highest BCUT2D eigenvalue weighted by atomic mass is 16.5. The molecule has 0 fully saturated rings. The van der Waals surface area contributed by atoms with Gasteiger partial charge in [0.2, 0.25) is 0 Å². The van der Waals surface area contributed by atoms with Crippen LogP contribution in [-0.2, 0) is 19.4 Å². The van der Waals surface area contributed by atoms with E-state index < -0.39 is 0 Å². The summed E-state index contributed by atoms with van der Waals surface area (Å²) in [4.78, 5) is 0. The molecule has 1 aromatic heterocycles. The van der Waals surface area contributed by atoms with E-state index in [1.54, 1.807) is 0 Å². The summed E-state index contributed by atoms with van der Waals surface area (Å²) >= 11 is 0. The topological polar surface area (TPSA) is 40.8 Å². The Labute approximate surface area is 271 Å². The Bertz CT molecular complexity index is 1630. The maximum Gasteiger partial charge on any atom is 0.135 e. The first-order valence-electron chi connectivity index (χ1n) is 16.1. The van der Waals surface area contributed by atoms with Crippen molar-refractivity contribution in [2.45, 2.75) is 74.3 Å². The molecular weight excluding hydrogens is 556 g/mol. The van der Waals surface area contributed by atoms with Gasteiger partial charge in [-0.15, -0.1) is 12.8 Å². The first kappa shape index (κ1) is 36.6. The van der Waals surface area contributed by atoms with E-state index in [-0.39, 0.29) is 0 Å². The Hall–Kier alpha value is -4.62. The molecule has 45 heavy (non-hydrogen) atoms. The summed E-state index contributed by atoms with van der Waals surface area (Å²) in [5, 5.41) is 2.28. The molecule has 0 bridgehead atoms. The van der Waals surface area contributed by atoms with Gasteiger partial charge in [-0.05, 0) is 60.7 Å². The first-order chi connectivity index (χ1) is 22.1. The summed E-state index contributed by atoms with van der Waals surface area (Å²) < 4.78 is 24.8. The van der Waals surface area contributed by atoms with E-state index in [2.05, 4.69) is 57.5 Å². The van der Waals surface area contributed by atoms with Crippen LogP contribution >= 0.6 is 0 Å². The van der Waals surface area contributed by atoms with Crippen LogP contribution in [0, 0.1) is 12.8 Å². The lowest BCUT2D eigenvalue weighted by atomic mass is 10.0. The van der Waals surface area contributed by atoms with E-state index in [0.717, 1.165) is 80.7 Å². The Kier molecular flexibility index (Phi) is 15.9. The molecule has 0 aliphatic rings. The second-order valence-electron chi connectivity index (χ2n) is 9.78. The third-order valence-corrected chi connectivity index (χ3v) is 7.01. The van der Waals surface area contributed by atoms with Crippen molar-refractivity contribution in [3.63, 3.8) is 0 Å². The van der Waals surface area contributed by atoms with Gasteiger partial charge in [0.25, 0.3) is 0 Å². The zero-order chi connectivity index (χ0) is 33.2. The van der Waals surface area contributed by atoms with Crippen molar-refractivity contribution in [1.82, 2.24) is 0 Å². The number of ether oxygens (including phenoxy) is 3. The SMILES string of the molecule is C#C.C=C(C)c1cc(CC)c(OCCCOc2ccc3oc4ccccc4c3c2CC)cc1OCc1ccccc1.CC.CC. The number of aryl methyl sites for hydroxylation is 2. The molecule has 0 unspecified atom stereocenters. The fraction of sp³-hybridized carbons (Fsp3) is 0.317. The van der Waals surface area contributed by atoms with Gasteiger partial charge in [0.15, 0.2) is 0 Å². The van der Waals surface area contributed by atoms with Crippen LogP contribution < -0.4 is 14.2 Å². The third-order valence-electron chi connectivity index (χ3n) is 7.01. The van der Waals surface area contributed by atoms with Crippen LogP contribution in [0.2, 0.25) is 0 Å². The molecule has 0 spiro atoms. The van der Waals surface area contributed by atoms with E-state index in [9.17, 15) is 0 Å². The Morgan fingerprint density at radius 3 is 2.00 bits per heavy atom. The molecule has 0 saturated carbocycles. The highest BCUT2D eigenvalue weighted by molar-refractivity contribution is 6.07. The molecule has 0 N–H and O–H groups in total. The first-order valence-corrected chi connectivity index (χ1v) is 16.1. The number of furan rings is 1.